The first-order valence-electron chi connectivity index (χ1n) is 7.17. The first-order chi connectivity index (χ1) is 10.9. The van der Waals surface area contributed by atoms with Crippen molar-refractivity contribution in [2.24, 2.45) is 0 Å². The van der Waals surface area contributed by atoms with E-state index in [2.05, 4.69) is 9.97 Å². The van der Waals surface area contributed by atoms with Crippen molar-refractivity contribution in [2.75, 3.05) is 0 Å². The number of aromatic amines is 1. The summed E-state index contributed by atoms with van der Waals surface area (Å²) in [4.78, 5) is 29.9. The molecule has 1 heterocycles. The van der Waals surface area contributed by atoms with Crippen LogP contribution in [0.2, 0.25) is 0 Å². The van der Waals surface area contributed by atoms with Crippen molar-refractivity contribution in [3.8, 4) is 0 Å². The predicted octanol–water partition coefficient (Wildman–Crippen LogP) is 3.04. The fourth-order valence-electron chi connectivity index (χ4n) is 2.48. The molecule has 3 rings (SSSR count). The van der Waals surface area contributed by atoms with Crippen molar-refractivity contribution in [3.05, 3.63) is 79.3 Å². The van der Waals surface area contributed by atoms with Crippen LogP contribution in [0.1, 0.15) is 22.4 Å². The Morgan fingerprint density at radius 2 is 1.91 bits per heavy atom. The van der Waals surface area contributed by atoms with E-state index in [0.29, 0.717) is 22.3 Å². The van der Waals surface area contributed by atoms with E-state index >= 15 is 0 Å². The van der Waals surface area contributed by atoms with Crippen molar-refractivity contribution >= 4 is 16.7 Å². The van der Waals surface area contributed by atoms with E-state index in [1.807, 2.05) is 26.0 Å². The number of hydrogen-bond acceptors (Lipinski definition) is 4. The van der Waals surface area contributed by atoms with E-state index in [4.69, 9.17) is 0 Å². The number of nitrogens with one attached hydrogen (secondary N) is 1. The zero-order valence-corrected chi connectivity index (χ0v) is 12.8. The Bertz CT molecular complexity index is 976. The van der Waals surface area contributed by atoms with E-state index in [1.54, 1.807) is 12.1 Å². The van der Waals surface area contributed by atoms with Crippen LogP contribution >= 0.6 is 0 Å². The van der Waals surface area contributed by atoms with Gasteiger partial charge in [0.15, 0.2) is 0 Å². The Morgan fingerprint density at radius 1 is 1.17 bits per heavy atom. The summed E-state index contributed by atoms with van der Waals surface area (Å²) < 4.78 is 0. The average molecular weight is 309 g/mol. The van der Waals surface area contributed by atoms with Crippen LogP contribution in [0.15, 0.2) is 41.2 Å². The standard InChI is InChI=1S/C17H15N3O3/c1-10-6-14-15(7-11(10)2)19-17(21)16(18-14)9-12-4-3-5-13(8-12)20(22)23/h3-8H,9H2,1-2H3,(H,19,21). The fourth-order valence-corrected chi connectivity index (χ4v) is 2.48. The number of hydrogen-bond donors (Lipinski definition) is 1. The quantitative estimate of drug-likeness (QED) is 0.595. The topological polar surface area (TPSA) is 88.9 Å². The number of fused-ring (bicyclic) bond motifs is 1. The highest BCUT2D eigenvalue weighted by atomic mass is 16.6. The van der Waals surface area contributed by atoms with Gasteiger partial charge in [0.2, 0.25) is 0 Å². The number of nitro benzene ring substituents is 1. The van der Waals surface area contributed by atoms with Crippen LogP contribution in [-0.2, 0) is 6.42 Å². The Kier molecular flexibility index (Phi) is 3.65. The van der Waals surface area contributed by atoms with Crippen LogP contribution in [0.25, 0.3) is 11.0 Å². The van der Waals surface area contributed by atoms with Crippen LogP contribution in [0.3, 0.4) is 0 Å². The molecule has 3 aromatic rings. The van der Waals surface area contributed by atoms with Crippen molar-refractivity contribution < 1.29 is 4.92 Å². The second-order valence-corrected chi connectivity index (χ2v) is 5.57. The van der Waals surface area contributed by atoms with Gasteiger partial charge in [-0.3, -0.25) is 14.9 Å². The van der Waals surface area contributed by atoms with Gasteiger partial charge in [-0.05, 0) is 42.7 Å². The van der Waals surface area contributed by atoms with Crippen molar-refractivity contribution in [1.29, 1.82) is 0 Å². The van der Waals surface area contributed by atoms with E-state index < -0.39 is 4.92 Å². The second-order valence-electron chi connectivity index (χ2n) is 5.57. The lowest BCUT2D eigenvalue weighted by Gasteiger charge is -2.06. The summed E-state index contributed by atoms with van der Waals surface area (Å²) in [6.45, 7) is 3.96. The highest BCUT2D eigenvalue weighted by Gasteiger charge is 2.10. The molecule has 6 heteroatoms. The third-order valence-electron chi connectivity index (χ3n) is 3.87. The third-order valence-corrected chi connectivity index (χ3v) is 3.87. The molecule has 0 aliphatic rings. The molecule has 23 heavy (non-hydrogen) atoms. The molecular formula is C17H15N3O3. The maximum Gasteiger partial charge on any atom is 0.270 e. The van der Waals surface area contributed by atoms with Gasteiger partial charge >= 0.3 is 0 Å². The van der Waals surface area contributed by atoms with Gasteiger partial charge < -0.3 is 4.98 Å². The lowest BCUT2D eigenvalue weighted by molar-refractivity contribution is -0.384. The average Bonchev–Trinajstić information content (AvgIpc) is 2.50. The Labute approximate surface area is 132 Å². The summed E-state index contributed by atoms with van der Waals surface area (Å²) >= 11 is 0. The van der Waals surface area contributed by atoms with Crippen LogP contribution < -0.4 is 5.56 Å². The number of rotatable bonds is 3. The van der Waals surface area contributed by atoms with Crippen LogP contribution in [0.4, 0.5) is 5.69 Å². The molecule has 0 fully saturated rings. The summed E-state index contributed by atoms with van der Waals surface area (Å²) in [6, 6.07) is 10.1. The molecular weight excluding hydrogens is 294 g/mol. The zero-order chi connectivity index (χ0) is 16.6. The summed E-state index contributed by atoms with van der Waals surface area (Å²) in [6.07, 6.45) is 0.250. The minimum absolute atomic E-state index is 0.00573. The van der Waals surface area contributed by atoms with Gasteiger partial charge in [0.25, 0.3) is 11.2 Å². The molecule has 0 atom stereocenters. The molecule has 0 saturated heterocycles. The summed E-state index contributed by atoms with van der Waals surface area (Å²) in [5.41, 5.74) is 4.36. The molecule has 0 amide bonds. The first kappa shape index (κ1) is 14.9. The highest BCUT2D eigenvalue weighted by Crippen LogP contribution is 2.17. The van der Waals surface area contributed by atoms with Crippen molar-refractivity contribution in [1.82, 2.24) is 9.97 Å². The van der Waals surface area contributed by atoms with Gasteiger partial charge in [-0.2, -0.15) is 0 Å². The van der Waals surface area contributed by atoms with Crippen molar-refractivity contribution in [2.45, 2.75) is 20.3 Å². The normalized spacial score (nSPS) is 10.9. The lowest BCUT2D eigenvalue weighted by atomic mass is 10.1. The summed E-state index contributed by atoms with van der Waals surface area (Å²) in [5, 5.41) is 10.8. The minimum atomic E-state index is -0.451. The number of nitrogens with zero attached hydrogens (tertiary/aromatic N) is 2. The maximum atomic E-state index is 12.2. The minimum Gasteiger partial charge on any atom is -0.319 e. The number of nitro groups is 1. The van der Waals surface area contributed by atoms with Crippen LogP contribution in [0, 0.1) is 24.0 Å². The Hall–Kier alpha value is -3.02. The largest absolute Gasteiger partial charge is 0.319 e. The predicted molar refractivity (Wildman–Crippen MR) is 87.7 cm³/mol. The molecule has 2 aromatic carbocycles. The number of benzene rings is 2. The van der Waals surface area contributed by atoms with Gasteiger partial charge in [0.1, 0.15) is 5.69 Å². The van der Waals surface area contributed by atoms with Crippen LogP contribution in [-0.4, -0.2) is 14.9 Å². The number of H-pyrrole nitrogens is 1. The molecule has 1 aromatic heterocycles. The molecule has 1 N–H and O–H groups in total. The highest BCUT2D eigenvalue weighted by molar-refractivity contribution is 5.76. The van der Waals surface area contributed by atoms with E-state index in [1.165, 1.54) is 12.1 Å². The molecule has 0 aliphatic heterocycles. The van der Waals surface area contributed by atoms with Gasteiger partial charge in [-0.1, -0.05) is 12.1 Å². The first-order valence-corrected chi connectivity index (χ1v) is 7.17. The summed E-state index contributed by atoms with van der Waals surface area (Å²) in [7, 11) is 0. The SMILES string of the molecule is Cc1cc2nc(Cc3cccc([N+](=O)[O-])c3)c(=O)[nH]c2cc1C. The lowest BCUT2D eigenvalue weighted by Crippen LogP contribution is -2.15. The van der Waals surface area contributed by atoms with Gasteiger partial charge in [-0.15, -0.1) is 0 Å². The van der Waals surface area contributed by atoms with Gasteiger partial charge in [0.05, 0.1) is 16.0 Å². The molecule has 0 bridgehead atoms. The van der Waals surface area contributed by atoms with E-state index in [0.717, 1.165) is 11.1 Å². The molecule has 0 unspecified atom stereocenters. The number of aryl methyl sites for hydroxylation is 2. The van der Waals surface area contributed by atoms with Gasteiger partial charge in [-0.25, -0.2) is 4.98 Å². The zero-order valence-electron chi connectivity index (χ0n) is 12.8. The summed E-state index contributed by atoms with van der Waals surface area (Å²) in [5.74, 6) is 0. The smallest absolute Gasteiger partial charge is 0.270 e. The van der Waals surface area contributed by atoms with Crippen molar-refractivity contribution in [3.63, 3.8) is 0 Å². The fraction of sp³-hybridized carbons (Fsp3) is 0.176. The molecule has 6 nitrogen and oxygen atoms in total. The number of aromatic nitrogens is 2. The number of non-ortho nitro benzene ring substituents is 1. The molecule has 0 radical (unpaired) electrons. The Morgan fingerprint density at radius 3 is 2.65 bits per heavy atom. The third kappa shape index (κ3) is 2.96. The second kappa shape index (κ2) is 5.64. The van der Waals surface area contributed by atoms with Gasteiger partial charge in [0, 0.05) is 18.6 Å². The molecule has 0 spiro atoms. The van der Waals surface area contributed by atoms with E-state index in [9.17, 15) is 14.9 Å². The monoisotopic (exact) mass is 309 g/mol. The molecule has 0 aliphatic carbocycles. The molecule has 0 saturated carbocycles. The van der Waals surface area contributed by atoms with Crippen LogP contribution in [0.5, 0.6) is 0 Å². The Balaban J connectivity index is 2.05. The van der Waals surface area contributed by atoms with E-state index in [-0.39, 0.29) is 17.7 Å². The maximum absolute atomic E-state index is 12.2. The molecule has 116 valence electrons.